The van der Waals surface area contributed by atoms with Gasteiger partial charge >= 0.3 is 0 Å². The number of methoxy groups -OCH3 is 1. The number of benzene rings is 1. The molecular weight excluding hydrogens is 272 g/mol. The summed E-state index contributed by atoms with van der Waals surface area (Å²) in [6.07, 6.45) is 4.65. The first-order valence-electron chi connectivity index (χ1n) is 6.97. The minimum absolute atomic E-state index is 0. The van der Waals surface area contributed by atoms with Crippen LogP contribution in [0.25, 0.3) is 0 Å². The summed E-state index contributed by atoms with van der Waals surface area (Å²) in [5.74, 6) is 0.463. The fraction of sp³-hybridized carbons (Fsp3) is 0.562. The van der Waals surface area contributed by atoms with E-state index < -0.39 is 0 Å². The van der Waals surface area contributed by atoms with Crippen LogP contribution in [0.3, 0.4) is 0 Å². The molecule has 20 heavy (non-hydrogen) atoms. The number of nitriles is 1. The topological polar surface area (TPSA) is 45.0 Å². The molecule has 0 radical (unpaired) electrons. The number of hydrogen-bond acceptors (Lipinski definition) is 3. The van der Waals surface area contributed by atoms with Gasteiger partial charge in [0.15, 0.2) is 0 Å². The third-order valence-electron chi connectivity index (χ3n) is 4.31. The number of ether oxygens (including phenoxy) is 1. The van der Waals surface area contributed by atoms with Crippen LogP contribution in [0.2, 0.25) is 0 Å². The molecule has 2 unspecified atom stereocenters. The zero-order valence-corrected chi connectivity index (χ0v) is 13.0. The van der Waals surface area contributed by atoms with Crippen LogP contribution in [0.4, 0.5) is 0 Å². The monoisotopic (exact) mass is 294 g/mol. The van der Waals surface area contributed by atoms with Crippen molar-refractivity contribution < 1.29 is 4.74 Å². The molecule has 1 aliphatic rings. The Morgan fingerprint density at radius 1 is 1.45 bits per heavy atom. The zero-order chi connectivity index (χ0) is 13.7. The van der Waals surface area contributed by atoms with E-state index in [1.165, 1.54) is 19.3 Å². The Morgan fingerprint density at radius 3 is 2.90 bits per heavy atom. The van der Waals surface area contributed by atoms with E-state index in [1.54, 1.807) is 7.11 Å². The van der Waals surface area contributed by atoms with Crippen LogP contribution in [-0.2, 0) is 10.3 Å². The lowest BCUT2D eigenvalue weighted by atomic mass is 9.71. The molecule has 0 saturated heterocycles. The Morgan fingerprint density at radius 2 is 2.25 bits per heavy atom. The van der Waals surface area contributed by atoms with Gasteiger partial charge in [0.25, 0.3) is 0 Å². The van der Waals surface area contributed by atoms with E-state index in [2.05, 4.69) is 17.5 Å². The van der Waals surface area contributed by atoms with Gasteiger partial charge in [-0.25, -0.2) is 0 Å². The van der Waals surface area contributed by atoms with Crippen LogP contribution in [0.15, 0.2) is 24.3 Å². The van der Waals surface area contributed by atoms with Crippen LogP contribution < -0.4 is 5.32 Å². The van der Waals surface area contributed by atoms with Crippen molar-refractivity contribution in [3.63, 3.8) is 0 Å². The van der Waals surface area contributed by atoms with Crippen LogP contribution in [0.5, 0.6) is 0 Å². The maximum Gasteiger partial charge on any atom is 0.0991 e. The van der Waals surface area contributed by atoms with Crippen molar-refractivity contribution in [1.82, 2.24) is 5.32 Å². The molecule has 0 aromatic heterocycles. The van der Waals surface area contributed by atoms with E-state index in [9.17, 15) is 0 Å². The van der Waals surface area contributed by atoms with Crippen molar-refractivity contribution in [3.8, 4) is 6.07 Å². The molecule has 2 atom stereocenters. The molecule has 1 fully saturated rings. The molecule has 2 rings (SSSR count). The maximum atomic E-state index is 9.08. The Kier molecular flexibility index (Phi) is 6.48. The summed E-state index contributed by atoms with van der Waals surface area (Å²) >= 11 is 0. The summed E-state index contributed by atoms with van der Waals surface area (Å²) in [6.45, 7) is 0.949. The normalized spacial score (nSPS) is 25.6. The van der Waals surface area contributed by atoms with Crippen LogP contribution in [-0.4, -0.2) is 20.7 Å². The largest absolute Gasteiger partial charge is 0.373 e. The van der Waals surface area contributed by atoms with Gasteiger partial charge in [-0.2, -0.15) is 5.26 Å². The summed E-state index contributed by atoms with van der Waals surface area (Å²) in [6, 6.07) is 10.1. The highest BCUT2D eigenvalue weighted by Crippen LogP contribution is 2.44. The number of halogens is 1. The van der Waals surface area contributed by atoms with E-state index in [-0.39, 0.29) is 18.0 Å². The fourth-order valence-electron chi connectivity index (χ4n) is 3.35. The van der Waals surface area contributed by atoms with Crippen molar-refractivity contribution in [2.45, 2.75) is 31.3 Å². The van der Waals surface area contributed by atoms with Gasteiger partial charge < -0.3 is 10.1 Å². The van der Waals surface area contributed by atoms with Gasteiger partial charge in [-0.3, -0.25) is 0 Å². The van der Waals surface area contributed by atoms with Crippen molar-refractivity contribution in [3.05, 3.63) is 35.4 Å². The second-order valence-electron chi connectivity index (χ2n) is 5.29. The Labute approximate surface area is 127 Å². The van der Waals surface area contributed by atoms with Crippen molar-refractivity contribution >= 4 is 12.4 Å². The standard InChI is InChI=1S/C16H22N2O.ClH/c1-18-12-15-7-3-4-9-16(15,19-2)14-8-5-6-13(10-14)11-17;/h5-6,8,10,15,18H,3-4,7,9,12H2,1-2H3;1H. The average Bonchev–Trinajstić information content (AvgIpc) is 2.48. The van der Waals surface area contributed by atoms with E-state index >= 15 is 0 Å². The Balaban J connectivity index is 0.00000200. The molecule has 1 N–H and O–H groups in total. The number of hydrogen-bond donors (Lipinski definition) is 1. The summed E-state index contributed by atoms with van der Waals surface area (Å²) < 4.78 is 5.98. The highest BCUT2D eigenvalue weighted by atomic mass is 35.5. The number of nitrogens with zero attached hydrogens (tertiary/aromatic N) is 1. The third kappa shape index (κ3) is 3.15. The van der Waals surface area contributed by atoms with E-state index in [0.29, 0.717) is 11.5 Å². The fourth-order valence-corrected chi connectivity index (χ4v) is 3.35. The van der Waals surface area contributed by atoms with Crippen molar-refractivity contribution in [2.75, 3.05) is 20.7 Å². The highest BCUT2D eigenvalue weighted by Gasteiger charge is 2.42. The van der Waals surface area contributed by atoms with Crippen molar-refractivity contribution in [2.24, 2.45) is 5.92 Å². The molecule has 0 bridgehead atoms. The minimum atomic E-state index is -0.242. The summed E-state index contributed by atoms with van der Waals surface area (Å²) in [7, 11) is 3.79. The lowest BCUT2D eigenvalue weighted by Gasteiger charge is -2.43. The predicted octanol–water partition coefficient (Wildman–Crippen LogP) is 3.23. The van der Waals surface area contributed by atoms with Crippen LogP contribution >= 0.6 is 12.4 Å². The first kappa shape index (κ1) is 17.0. The lowest BCUT2D eigenvalue weighted by Crippen LogP contribution is -2.44. The number of nitrogens with one attached hydrogen (secondary N) is 1. The molecule has 1 aromatic rings. The second-order valence-corrected chi connectivity index (χ2v) is 5.29. The lowest BCUT2D eigenvalue weighted by molar-refractivity contribution is -0.0883. The van der Waals surface area contributed by atoms with Crippen molar-refractivity contribution in [1.29, 1.82) is 5.26 Å². The molecule has 0 spiro atoms. The van der Waals surface area contributed by atoms with Gasteiger partial charge in [-0.05, 0) is 37.6 Å². The second kappa shape index (κ2) is 7.64. The van der Waals surface area contributed by atoms with Crippen LogP contribution in [0, 0.1) is 17.2 Å². The molecule has 1 saturated carbocycles. The molecular formula is C16H23ClN2O. The molecule has 1 aromatic carbocycles. The van der Waals surface area contributed by atoms with Gasteiger partial charge in [-0.15, -0.1) is 12.4 Å². The van der Waals surface area contributed by atoms with Gasteiger partial charge in [-0.1, -0.05) is 25.0 Å². The predicted molar refractivity (Wildman–Crippen MR) is 83.0 cm³/mol. The highest BCUT2D eigenvalue weighted by molar-refractivity contribution is 5.85. The van der Waals surface area contributed by atoms with Crippen LogP contribution in [0.1, 0.15) is 36.8 Å². The summed E-state index contributed by atoms with van der Waals surface area (Å²) in [4.78, 5) is 0. The smallest absolute Gasteiger partial charge is 0.0991 e. The molecule has 0 heterocycles. The quantitative estimate of drug-likeness (QED) is 0.927. The van der Waals surface area contributed by atoms with Gasteiger partial charge in [0, 0.05) is 19.6 Å². The third-order valence-corrected chi connectivity index (χ3v) is 4.31. The molecule has 110 valence electrons. The summed E-state index contributed by atoms with van der Waals surface area (Å²) in [5.41, 5.74) is 1.62. The summed E-state index contributed by atoms with van der Waals surface area (Å²) in [5, 5.41) is 12.4. The maximum absolute atomic E-state index is 9.08. The Bertz CT molecular complexity index is 470. The molecule has 3 nitrogen and oxygen atoms in total. The zero-order valence-electron chi connectivity index (χ0n) is 12.2. The van der Waals surface area contributed by atoms with E-state index in [0.717, 1.165) is 18.5 Å². The molecule has 4 heteroatoms. The Hall–Kier alpha value is -1.08. The van der Waals surface area contributed by atoms with Gasteiger partial charge in [0.1, 0.15) is 0 Å². The molecule has 0 amide bonds. The van der Waals surface area contributed by atoms with Gasteiger partial charge in [0.05, 0.1) is 17.2 Å². The van der Waals surface area contributed by atoms with E-state index in [4.69, 9.17) is 10.00 Å². The first-order chi connectivity index (χ1) is 9.26. The minimum Gasteiger partial charge on any atom is -0.373 e. The average molecular weight is 295 g/mol. The molecule has 1 aliphatic carbocycles. The first-order valence-corrected chi connectivity index (χ1v) is 6.97. The van der Waals surface area contributed by atoms with Gasteiger partial charge in [0.2, 0.25) is 0 Å². The van der Waals surface area contributed by atoms with E-state index in [1.807, 2.05) is 25.2 Å². The number of rotatable bonds is 4. The SMILES string of the molecule is CNCC1CCCCC1(OC)c1cccc(C#N)c1.Cl. The molecule has 0 aliphatic heterocycles.